The molecule has 0 saturated heterocycles. The molecule has 0 spiro atoms. The predicted molar refractivity (Wildman–Crippen MR) is 78.8 cm³/mol. The maximum absolute atomic E-state index is 11.8. The quantitative estimate of drug-likeness (QED) is 0.614. The summed E-state index contributed by atoms with van der Waals surface area (Å²) in [6.07, 6.45) is 0.619. The van der Waals surface area contributed by atoms with Crippen LogP contribution in [0.1, 0.15) is 32.8 Å². The topological polar surface area (TPSA) is 44.5 Å². The Morgan fingerprint density at radius 2 is 1.90 bits per heavy atom. The van der Waals surface area contributed by atoms with E-state index in [1.807, 2.05) is 51.1 Å². The van der Waals surface area contributed by atoms with Crippen molar-refractivity contribution in [1.82, 2.24) is 0 Å². The Bertz CT molecular complexity index is 462. The van der Waals surface area contributed by atoms with Crippen molar-refractivity contribution < 1.29 is 14.2 Å². The van der Waals surface area contributed by atoms with Crippen LogP contribution in [0.25, 0.3) is 0 Å². The first-order chi connectivity index (χ1) is 9.46. The molecular formula is C16H23NO3. The van der Waals surface area contributed by atoms with Crippen LogP contribution < -0.4 is 0 Å². The fourth-order valence-electron chi connectivity index (χ4n) is 2.27. The zero-order chi connectivity index (χ0) is 14.6. The van der Waals surface area contributed by atoms with Crippen molar-refractivity contribution in [3.05, 3.63) is 41.1 Å². The first kappa shape index (κ1) is 15.0. The van der Waals surface area contributed by atoms with E-state index in [0.717, 1.165) is 16.7 Å². The molecule has 1 atom stereocenters. The van der Waals surface area contributed by atoms with Crippen molar-refractivity contribution in [1.29, 1.82) is 0 Å². The lowest BCUT2D eigenvalue weighted by atomic mass is 10.1. The predicted octanol–water partition coefficient (Wildman–Crippen LogP) is 2.74. The number of ether oxygens (including phenoxy) is 2. The summed E-state index contributed by atoms with van der Waals surface area (Å²) in [5.41, 5.74) is 1.56. The van der Waals surface area contributed by atoms with Crippen molar-refractivity contribution in [2.75, 3.05) is 13.2 Å². The van der Waals surface area contributed by atoms with E-state index in [0.29, 0.717) is 25.5 Å². The summed E-state index contributed by atoms with van der Waals surface area (Å²) < 4.78 is 12.6. The summed E-state index contributed by atoms with van der Waals surface area (Å²) in [5.74, 6) is 0. The maximum Gasteiger partial charge on any atom is 0.218 e. The number of nitrogens with zero attached hydrogens (tertiary/aromatic N) is 1. The minimum Gasteiger partial charge on any atom is -0.624 e. The van der Waals surface area contributed by atoms with Crippen LogP contribution in [0.4, 0.5) is 0 Å². The molecule has 0 amide bonds. The van der Waals surface area contributed by atoms with Crippen LogP contribution in [0.15, 0.2) is 30.3 Å². The summed E-state index contributed by atoms with van der Waals surface area (Å²) in [6.45, 7) is 7.35. The van der Waals surface area contributed by atoms with E-state index in [2.05, 4.69) is 0 Å². The van der Waals surface area contributed by atoms with Gasteiger partial charge in [0, 0.05) is 6.42 Å². The van der Waals surface area contributed by atoms with Crippen LogP contribution in [-0.2, 0) is 16.1 Å². The van der Waals surface area contributed by atoms with E-state index in [4.69, 9.17) is 9.47 Å². The van der Waals surface area contributed by atoms with Crippen LogP contribution in [0.5, 0.6) is 0 Å². The fraction of sp³-hybridized carbons (Fsp3) is 0.562. The molecule has 4 heteroatoms. The standard InChI is InChI=1S/C16H23NO3/c1-16(2,3)20-15-9-10-17(18)14(15)12-19-11-13-7-5-4-6-8-13/h4-8,15H,9-12H2,1-3H3/t15-/m0/s1. The Labute approximate surface area is 120 Å². The van der Waals surface area contributed by atoms with Gasteiger partial charge in [0.15, 0.2) is 6.54 Å². The van der Waals surface area contributed by atoms with Gasteiger partial charge in [-0.25, -0.2) is 4.74 Å². The summed E-state index contributed by atoms with van der Waals surface area (Å²) in [7, 11) is 0. The van der Waals surface area contributed by atoms with Crippen molar-refractivity contribution in [3.63, 3.8) is 0 Å². The molecule has 2 rings (SSSR count). The van der Waals surface area contributed by atoms with E-state index in [1.165, 1.54) is 0 Å². The molecule has 0 unspecified atom stereocenters. The number of rotatable bonds is 5. The van der Waals surface area contributed by atoms with Crippen LogP contribution in [0.3, 0.4) is 0 Å². The van der Waals surface area contributed by atoms with Crippen molar-refractivity contribution in [3.8, 4) is 0 Å². The molecule has 0 aliphatic carbocycles. The highest BCUT2D eigenvalue weighted by atomic mass is 16.5. The zero-order valence-corrected chi connectivity index (χ0v) is 12.5. The van der Waals surface area contributed by atoms with E-state index in [1.54, 1.807) is 0 Å². The molecule has 0 bridgehead atoms. The highest BCUT2D eigenvalue weighted by Gasteiger charge is 2.34. The second-order valence-electron chi connectivity index (χ2n) is 6.08. The monoisotopic (exact) mass is 277 g/mol. The minimum absolute atomic E-state index is 0.122. The average molecular weight is 277 g/mol. The smallest absolute Gasteiger partial charge is 0.218 e. The molecular weight excluding hydrogens is 254 g/mol. The minimum atomic E-state index is -0.249. The number of benzene rings is 1. The molecule has 4 nitrogen and oxygen atoms in total. The molecule has 110 valence electrons. The normalized spacial score (nSPS) is 19.6. The second kappa shape index (κ2) is 6.37. The third-order valence-corrected chi connectivity index (χ3v) is 3.14. The Balaban J connectivity index is 1.88. The lowest BCUT2D eigenvalue weighted by molar-refractivity contribution is -0.450. The van der Waals surface area contributed by atoms with E-state index < -0.39 is 0 Å². The van der Waals surface area contributed by atoms with E-state index >= 15 is 0 Å². The van der Waals surface area contributed by atoms with E-state index in [-0.39, 0.29) is 11.7 Å². The summed E-state index contributed by atoms with van der Waals surface area (Å²) in [4.78, 5) is 0. The molecule has 1 aliphatic heterocycles. The van der Waals surface area contributed by atoms with Gasteiger partial charge in [-0.2, -0.15) is 0 Å². The third-order valence-electron chi connectivity index (χ3n) is 3.14. The van der Waals surface area contributed by atoms with Crippen LogP contribution in [0.2, 0.25) is 0 Å². The van der Waals surface area contributed by atoms with Gasteiger partial charge in [-0.1, -0.05) is 30.3 Å². The first-order valence-corrected chi connectivity index (χ1v) is 7.05. The van der Waals surface area contributed by atoms with E-state index in [9.17, 15) is 5.21 Å². The van der Waals surface area contributed by atoms with Gasteiger partial charge < -0.3 is 14.7 Å². The highest BCUT2D eigenvalue weighted by molar-refractivity contribution is 5.86. The van der Waals surface area contributed by atoms with Crippen LogP contribution in [0, 0.1) is 5.21 Å². The zero-order valence-electron chi connectivity index (χ0n) is 12.5. The van der Waals surface area contributed by atoms with Gasteiger partial charge in [0.05, 0.1) is 12.2 Å². The average Bonchev–Trinajstić information content (AvgIpc) is 2.71. The summed E-state index contributed by atoms with van der Waals surface area (Å²) in [6, 6.07) is 9.95. The Morgan fingerprint density at radius 3 is 2.55 bits per heavy atom. The molecule has 1 aromatic carbocycles. The fourth-order valence-corrected chi connectivity index (χ4v) is 2.27. The lowest BCUT2D eigenvalue weighted by Crippen LogP contribution is -2.34. The largest absolute Gasteiger partial charge is 0.624 e. The molecule has 0 N–H and O–H groups in total. The van der Waals surface area contributed by atoms with Crippen LogP contribution >= 0.6 is 0 Å². The third kappa shape index (κ3) is 4.32. The van der Waals surface area contributed by atoms with Crippen molar-refractivity contribution in [2.45, 2.75) is 45.5 Å². The summed E-state index contributed by atoms with van der Waals surface area (Å²) >= 11 is 0. The number of hydroxylamine groups is 1. The first-order valence-electron chi connectivity index (χ1n) is 7.05. The molecule has 0 radical (unpaired) electrons. The molecule has 0 aromatic heterocycles. The lowest BCUT2D eigenvalue weighted by Gasteiger charge is -2.23. The van der Waals surface area contributed by atoms with Gasteiger partial charge >= 0.3 is 0 Å². The van der Waals surface area contributed by atoms with Gasteiger partial charge in [-0.3, -0.25) is 0 Å². The Morgan fingerprint density at radius 1 is 1.20 bits per heavy atom. The van der Waals surface area contributed by atoms with Gasteiger partial charge in [0.2, 0.25) is 5.71 Å². The van der Waals surface area contributed by atoms with Gasteiger partial charge in [0.25, 0.3) is 0 Å². The summed E-state index contributed by atoms with van der Waals surface area (Å²) in [5, 5.41) is 11.8. The highest BCUT2D eigenvalue weighted by Crippen LogP contribution is 2.18. The molecule has 1 heterocycles. The number of hydrogen-bond donors (Lipinski definition) is 0. The Hall–Kier alpha value is -1.39. The van der Waals surface area contributed by atoms with Gasteiger partial charge in [-0.15, -0.1) is 0 Å². The van der Waals surface area contributed by atoms with Crippen molar-refractivity contribution >= 4 is 5.71 Å². The molecule has 0 fully saturated rings. The molecule has 1 aromatic rings. The second-order valence-corrected chi connectivity index (χ2v) is 6.08. The van der Waals surface area contributed by atoms with Crippen LogP contribution in [-0.4, -0.2) is 35.3 Å². The molecule has 1 aliphatic rings. The molecule has 0 saturated carbocycles. The Kier molecular flexibility index (Phi) is 4.78. The van der Waals surface area contributed by atoms with Gasteiger partial charge in [-0.05, 0) is 26.3 Å². The van der Waals surface area contributed by atoms with Gasteiger partial charge in [0.1, 0.15) is 12.7 Å². The number of hydrogen-bond acceptors (Lipinski definition) is 3. The maximum atomic E-state index is 11.8. The SMILES string of the molecule is CC(C)(C)O[C@H]1CC[N+]([O-])=C1COCc1ccccc1. The molecule has 20 heavy (non-hydrogen) atoms. The van der Waals surface area contributed by atoms with Crippen molar-refractivity contribution in [2.24, 2.45) is 0 Å².